The highest BCUT2D eigenvalue weighted by Crippen LogP contribution is 2.23. The van der Waals surface area contributed by atoms with E-state index >= 15 is 0 Å². The Morgan fingerprint density at radius 3 is 2.96 bits per heavy atom. The monoisotopic (exact) mass is 309 g/mol. The van der Waals surface area contributed by atoms with E-state index in [0.29, 0.717) is 12.2 Å². The number of benzene rings is 1. The molecule has 2 aromatic heterocycles. The Morgan fingerprint density at radius 1 is 1.30 bits per heavy atom. The van der Waals surface area contributed by atoms with Gasteiger partial charge in [0.2, 0.25) is 0 Å². The van der Waals surface area contributed by atoms with E-state index in [-0.39, 0.29) is 11.9 Å². The van der Waals surface area contributed by atoms with E-state index < -0.39 is 0 Å². The quantitative estimate of drug-likeness (QED) is 0.761. The standard InChI is InChI=1S/C17H19N5O/c1-21-8-9-22(11-15(21)16-18-6-7-19-16)17(23)14-10-12-4-2-3-5-13(12)20-14/h2-7,10,15,20H,8-9,11H2,1H3,(H,18,19). The topological polar surface area (TPSA) is 68.0 Å². The zero-order valence-corrected chi connectivity index (χ0v) is 13.0. The molecule has 3 heterocycles. The van der Waals surface area contributed by atoms with E-state index in [2.05, 4.69) is 26.9 Å². The van der Waals surface area contributed by atoms with Crippen LogP contribution in [0.5, 0.6) is 0 Å². The lowest BCUT2D eigenvalue weighted by molar-refractivity contribution is 0.0530. The van der Waals surface area contributed by atoms with Crippen LogP contribution in [0.15, 0.2) is 42.7 Å². The van der Waals surface area contributed by atoms with Crippen LogP contribution < -0.4 is 0 Å². The zero-order chi connectivity index (χ0) is 15.8. The Morgan fingerprint density at radius 2 is 2.17 bits per heavy atom. The fourth-order valence-corrected chi connectivity index (χ4v) is 3.17. The molecule has 1 aromatic carbocycles. The first kappa shape index (κ1) is 14.0. The average Bonchev–Trinajstić information content (AvgIpc) is 3.24. The molecule has 1 aliphatic heterocycles. The minimum Gasteiger partial charge on any atom is -0.351 e. The fraction of sp³-hybridized carbons (Fsp3) is 0.294. The molecule has 1 amide bonds. The predicted molar refractivity (Wildman–Crippen MR) is 88.2 cm³/mol. The molecule has 1 fully saturated rings. The van der Waals surface area contributed by atoms with Crippen LogP contribution in [0.25, 0.3) is 10.9 Å². The van der Waals surface area contributed by atoms with E-state index in [0.717, 1.165) is 29.8 Å². The maximum Gasteiger partial charge on any atom is 0.270 e. The number of aromatic nitrogens is 3. The molecule has 6 heteroatoms. The van der Waals surface area contributed by atoms with Gasteiger partial charge < -0.3 is 14.9 Å². The lowest BCUT2D eigenvalue weighted by Crippen LogP contribution is -2.49. The van der Waals surface area contributed by atoms with Gasteiger partial charge in [0.15, 0.2) is 0 Å². The second-order valence-electron chi connectivity index (χ2n) is 5.99. The van der Waals surface area contributed by atoms with Crippen molar-refractivity contribution in [3.8, 4) is 0 Å². The Hall–Kier alpha value is -2.60. The SMILES string of the molecule is CN1CCN(C(=O)c2cc3ccccc3[nH]2)CC1c1ncc[nH]1. The van der Waals surface area contributed by atoms with Crippen molar-refractivity contribution >= 4 is 16.8 Å². The van der Waals surface area contributed by atoms with Crippen LogP contribution in [-0.2, 0) is 0 Å². The van der Waals surface area contributed by atoms with E-state index in [9.17, 15) is 4.79 Å². The number of piperazine rings is 1. The van der Waals surface area contributed by atoms with Gasteiger partial charge in [-0.2, -0.15) is 0 Å². The average molecular weight is 309 g/mol. The van der Waals surface area contributed by atoms with Gasteiger partial charge in [-0.05, 0) is 19.2 Å². The number of para-hydroxylation sites is 1. The summed E-state index contributed by atoms with van der Waals surface area (Å²) in [5.41, 5.74) is 1.64. The van der Waals surface area contributed by atoms with Crippen molar-refractivity contribution in [2.45, 2.75) is 6.04 Å². The molecule has 3 aromatic rings. The summed E-state index contributed by atoms with van der Waals surface area (Å²) in [7, 11) is 2.07. The third kappa shape index (κ3) is 2.51. The van der Waals surface area contributed by atoms with E-state index in [1.54, 1.807) is 6.20 Å². The van der Waals surface area contributed by atoms with Crippen molar-refractivity contribution in [2.24, 2.45) is 0 Å². The summed E-state index contributed by atoms with van der Waals surface area (Å²) >= 11 is 0. The van der Waals surface area contributed by atoms with Crippen LogP contribution in [0.1, 0.15) is 22.4 Å². The molecule has 0 aliphatic carbocycles. The van der Waals surface area contributed by atoms with Crippen LogP contribution in [0, 0.1) is 0 Å². The van der Waals surface area contributed by atoms with Crippen LogP contribution in [0.4, 0.5) is 0 Å². The molecule has 0 spiro atoms. The van der Waals surface area contributed by atoms with Crippen molar-refractivity contribution in [1.82, 2.24) is 24.8 Å². The normalized spacial score (nSPS) is 19.3. The van der Waals surface area contributed by atoms with Gasteiger partial charge in [-0.15, -0.1) is 0 Å². The third-order valence-electron chi connectivity index (χ3n) is 4.53. The molecule has 1 atom stereocenters. The van der Waals surface area contributed by atoms with Crippen LogP contribution in [0.3, 0.4) is 0 Å². The first-order chi connectivity index (χ1) is 11.2. The second kappa shape index (κ2) is 5.55. The van der Waals surface area contributed by atoms with Gasteiger partial charge in [-0.1, -0.05) is 18.2 Å². The number of nitrogens with one attached hydrogen (secondary N) is 2. The third-order valence-corrected chi connectivity index (χ3v) is 4.53. The van der Waals surface area contributed by atoms with Gasteiger partial charge in [-0.3, -0.25) is 9.69 Å². The molecule has 118 valence electrons. The van der Waals surface area contributed by atoms with Gasteiger partial charge in [0.05, 0.1) is 6.04 Å². The number of fused-ring (bicyclic) bond motifs is 1. The number of imidazole rings is 1. The van der Waals surface area contributed by atoms with Crippen molar-refractivity contribution in [3.05, 3.63) is 54.2 Å². The van der Waals surface area contributed by atoms with Crippen LogP contribution in [0.2, 0.25) is 0 Å². The first-order valence-electron chi connectivity index (χ1n) is 7.79. The van der Waals surface area contributed by atoms with Gasteiger partial charge >= 0.3 is 0 Å². The first-order valence-corrected chi connectivity index (χ1v) is 7.79. The van der Waals surface area contributed by atoms with Crippen LogP contribution >= 0.6 is 0 Å². The summed E-state index contributed by atoms with van der Waals surface area (Å²) in [5, 5.41) is 1.06. The van der Waals surface area contributed by atoms with Crippen molar-refractivity contribution in [1.29, 1.82) is 0 Å². The number of amides is 1. The highest BCUT2D eigenvalue weighted by Gasteiger charge is 2.30. The van der Waals surface area contributed by atoms with E-state index in [4.69, 9.17) is 0 Å². The second-order valence-corrected chi connectivity index (χ2v) is 5.99. The van der Waals surface area contributed by atoms with Crippen molar-refractivity contribution < 1.29 is 4.79 Å². The maximum absolute atomic E-state index is 12.8. The number of carbonyl (C=O) groups excluding carboxylic acids is 1. The molecule has 2 N–H and O–H groups in total. The molecule has 4 rings (SSSR count). The molecular weight excluding hydrogens is 290 g/mol. The van der Waals surface area contributed by atoms with Crippen molar-refractivity contribution in [3.63, 3.8) is 0 Å². The Bertz CT molecular complexity index is 790. The van der Waals surface area contributed by atoms with Crippen molar-refractivity contribution in [2.75, 3.05) is 26.7 Å². The molecular formula is C17H19N5O. The largest absolute Gasteiger partial charge is 0.351 e. The summed E-state index contributed by atoms with van der Waals surface area (Å²) in [4.78, 5) is 27.7. The molecule has 0 bridgehead atoms. The van der Waals surface area contributed by atoms with E-state index in [1.807, 2.05) is 41.4 Å². The van der Waals surface area contributed by atoms with Gasteiger partial charge in [0.1, 0.15) is 11.5 Å². The van der Waals surface area contributed by atoms with Gasteiger partial charge in [0.25, 0.3) is 5.91 Å². The van der Waals surface area contributed by atoms with E-state index in [1.165, 1.54) is 0 Å². The number of aromatic amines is 2. The smallest absolute Gasteiger partial charge is 0.270 e. The minimum absolute atomic E-state index is 0.0471. The Labute approximate surface area is 134 Å². The number of carbonyl (C=O) groups is 1. The number of likely N-dealkylation sites (N-methyl/N-ethyl adjacent to an activating group) is 1. The summed E-state index contributed by atoms with van der Waals surface area (Å²) in [5.74, 6) is 0.951. The molecule has 23 heavy (non-hydrogen) atoms. The minimum atomic E-state index is 0.0471. The summed E-state index contributed by atoms with van der Waals surface area (Å²) in [6.45, 7) is 2.19. The highest BCUT2D eigenvalue weighted by atomic mass is 16.2. The van der Waals surface area contributed by atoms with Gasteiger partial charge in [-0.25, -0.2) is 4.98 Å². The summed E-state index contributed by atoms with van der Waals surface area (Å²) in [6.07, 6.45) is 3.57. The predicted octanol–water partition coefficient (Wildman–Crippen LogP) is 2.02. The number of hydrogen-bond acceptors (Lipinski definition) is 3. The maximum atomic E-state index is 12.8. The number of hydrogen-bond donors (Lipinski definition) is 2. The molecule has 0 radical (unpaired) electrons. The number of H-pyrrole nitrogens is 2. The lowest BCUT2D eigenvalue weighted by atomic mass is 10.1. The highest BCUT2D eigenvalue weighted by molar-refractivity contribution is 5.98. The fourth-order valence-electron chi connectivity index (χ4n) is 3.17. The number of rotatable bonds is 2. The number of nitrogens with zero attached hydrogens (tertiary/aromatic N) is 3. The lowest BCUT2D eigenvalue weighted by Gasteiger charge is -2.38. The molecule has 1 saturated heterocycles. The molecule has 1 aliphatic rings. The van der Waals surface area contributed by atoms with Gasteiger partial charge in [0, 0.05) is 42.9 Å². The Balaban J connectivity index is 1.58. The summed E-state index contributed by atoms with van der Waals surface area (Å²) in [6, 6.07) is 9.98. The zero-order valence-electron chi connectivity index (χ0n) is 13.0. The molecule has 0 saturated carbocycles. The van der Waals surface area contributed by atoms with Crippen LogP contribution in [-0.4, -0.2) is 57.3 Å². The Kier molecular flexibility index (Phi) is 3.38. The molecule has 1 unspecified atom stereocenters. The molecule has 6 nitrogen and oxygen atoms in total. The summed E-state index contributed by atoms with van der Waals surface area (Å²) < 4.78 is 0.